The highest BCUT2D eigenvalue weighted by Crippen LogP contribution is 2.34. The fourth-order valence-electron chi connectivity index (χ4n) is 2.56. The van der Waals surface area contributed by atoms with Gasteiger partial charge in [-0.1, -0.05) is 0 Å². The third kappa shape index (κ3) is 2.60. The number of rotatable bonds is 5. The quantitative estimate of drug-likeness (QED) is 0.826. The Morgan fingerprint density at radius 3 is 2.72 bits per heavy atom. The summed E-state index contributed by atoms with van der Waals surface area (Å²) in [5, 5.41) is 13.0. The Labute approximate surface area is 108 Å². The van der Waals surface area contributed by atoms with Gasteiger partial charge in [0.05, 0.1) is 20.8 Å². The molecule has 0 aliphatic carbocycles. The van der Waals surface area contributed by atoms with Crippen molar-refractivity contribution in [2.75, 3.05) is 33.9 Å². The zero-order valence-electron chi connectivity index (χ0n) is 11.0. The summed E-state index contributed by atoms with van der Waals surface area (Å²) >= 11 is 0. The van der Waals surface area contributed by atoms with Crippen molar-refractivity contribution in [1.82, 2.24) is 5.32 Å². The molecule has 1 aliphatic heterocycles. The zero-order chi connectivity index (χ0) is 13.0. The Kier molecular flexibility index (Phi) is 4.09. The predicted octanol–water partition coefficient (Wildman–Crippen LogP) is 1.22. The average Bonchev–Trinajstić information content (AvgIpc) is 2.88. The van der Waals surface area contributed by atoms with Crippen molar-refractivity contribution >= 4 is 0 Å². The van der Waals surface area contributed by atoms with Crippen LogP contribution in [0, 0.1) is 5.41 Å². The molecule has 1 atom stereocenters. The van der Waals surface area contributed by atoms with E-state index in [2.05, 4.69) is 5.32 Å². The van der Waals surface area contributed by atoms with Gasteiger partial charge in [-0.2, -0.15) is 0 Å². The lowest BCUT2D eigenvalue weighted by molar-refractivity contribution is 0.142. The highest BCUT2D eigenvalue weighted by molar-refractivity contribution is 5.41. The summed E-state index contributed by atoms with van der Waals surface area (Å²) in [5.74, 6) is 1.68. The zero-order valence-corrected chi connectivity index (χ0v) is 11.0. The van der Waals surface area contributed by atoms with Crippen LogP contribution in [0.15, 0.2) is 18.2 Å². The van der Waals surface area contributed by atoms with Crippen molar-refractivity contribution in [3.8, 4) is 11.5 Å². The van der Waals surface area contributed by atoms with E-state index in [9.17, 15) is 5.11 Å². The monoisotopic (exact) mass is 251 g/mol. The molecule has 0 amide bonds. The van der Waals surface area contributed by atoms with Gasteiger partial charge >= 0.3 is 0 Å². The lowest BCUT2D eigenvalue weighted by atomic mass is 9.81. The highest BCUT2D eigenvalue weighted by atomic mass is 16.5. The highest BCUT2D eigenvalue weighted by Gasteiger charge is 2.34. The first kappa shape index (κ1) is 13.2. The Hall–Kier alpha value is -1.26. The molecule has 0 aromatic heterocycles. The molecule has 0 radical (unpaired) electrons. The van der Waals surface area contributed by atoms with Crippen LogP contribution in [-0.2, 0) is 6.42 Å². The smallest absolute Gasteiger partial charge is 0.122 e. The Morgan fingerprint density at radius 1 is 1.33 bits per heavy atom. The van der Waals surface area contributed by atoms with Crippen molar-refractivity contribution in [2.45, 2.75) is 12.8 Å². The fraction of sp³-hybridized carbons (Fsp3) is 0.571. The minimum Gasteiger partial charge on any atom is -0.497 e. The van der Waals surface area contributed by atoms with Crippen LogP contribution in [-0.4, -0.2) is 39.0 Å². The molecule has 1 aliphatic rings. The summed E-state index contributed by atoms with van der Waals surface area (Å²) in [6.07, 6.45) is 1.79. The van der Waals surface area contributed by atoms with Crippen LogP contribution in [0.25, 0.3) is 0 Å². The summed E-state index contributed by atoms with van der Waals surface area (Å²) in [6, 6.07) is 5.80. The summed E-state index contributed by atoms with van der Waals surface area (Å²) in [5.41, 5.74) is 1.02. The van der Waals surface area contributed by atoms with Crippen LogP contribution in [0.1, 0.15) is 12.0 Å². The van der Waals surface area contributed by atoms with E-state index in [0.717, 1.165) is 43.0 Å². The minimum absolute atomic E-state index is 0.0698. The first-order chi connectivity index (χ1) is 8.73. The Morgan fingerprint density at radius 2 is 2.17 bits per heavy atom. The van der Waals surface area contributed by atoms with Crippen LogP contribution in [0.5, 0.6) is 11.5 Å². The van der Waals surface area contributed by atoms with Gasteiger partial charge in [-0.3, -0.25) is 0 Å². The lowest BCUT2D eigenvalue weighted by Crippen LogP contribution is -2.30. The molecule has 0 bridgehead atoms. The number of hydrogen-bond acceptors (Lipinski definition) is 4. The summed E-state index contributed by atoms with van der Waals surface area (Å²) < 4.78 is 10.6. The average molecular weight is 251 g/mol. The number of nitrogens with one attached hydrogen (secondary N) is 1. The van der Waals surface area contributed by atoms with Crippen molar-refractivity contribution in [3.63, 3.8) is 0 Å². The van der Waals surface area contributed by atoms with Crippen molar-refractivity contribution in [3.05, 3.63) is 23.8 Å². The molecule has 4 nitrogen and oxygen atoms in total. The molecule has 1 saturated heterocycles. The maximum absolute atomic E-state index is 9.66. The van der Waals surface area contributed by atoms with E-state index in [1.165, 1.54) is 0 Å². The minimum atomic E-state index is -0.0698. The van der Waals surface area contributed by atoms with Gasteiger partial charge in [-0.25, -0.2) is 0 Å². The second-order valence-electron chi connectivity index (χ2n) is 4.94. The van der Waals surface area contributed by atoms with Crippen LogP contribution in [0.3, 0.4) is 0 Å². The first-order valence-electron chi connectivity index (χ1n) is 6.25. The van der Waals surface area contributed by atoms with Gasteiger partial charge in [-0.05, 0) is 43.1 Å². The van der Waals surface area contributed by atoms with Gasteiger partial charge in [0, 0.05) is 12.0 Å². The summed E-state index contributed by atoms with van der Waals surface area (Å²) in [4.78, 5) is 0. The molecule has 0 spiro atoms. The molecule has 1 aromatic carbocycles. The fourth-order valence-corrected chi connectivity index (χ4v) is 2.56. The number of aliphatic hydroxyl groups excluding tert-OH is 1. The van der Waals surface area contributed by atoms with Gasteiger partial charge in [0.1, 0.15) is 11.5 Å². The topological polar surface area (TPSA) is 50.7 Å². The molecule has 2 N–H and O–H groups in total. The molecule has 100 valence electrons. The van der Waals surface area contributed by atoms with Crippen LogP contribution in [0.2, 0.25) is 0 Å². The maximum Gasteiger partial charge on any atom is 0.122 e. The van der Waals surface area contributed by atoms with Crippen LogP contribution >= 0.6 is 0 Å². The number of methoxy groups -OCH3 is 2. The standard InChI is InChI=1S/C14H21NO3/c1-17-12-3-4-13(18-2)11(7-12)8-14(10-16)5-6-15-9-14/h3-4,7,15-16H,5-6,8-10H2,1-2H3. The maximum atomic E-state index is 9.66. The third-order valence-electron chi connectivity index (χ3n) is 3.72. The van der Waals surface area contributed by atoms with E-state index in [-0.39, 0.29) is 12.0 Å². The Bertz CT molecular complexity index is 400. The van der Waals surface area contributed by atoms with E-state index in [1.54, 1.807) is 14.2 Å². The largest absolute Gasteiger partial charge is 0.497 e. The molecular formula is C14H21NO3. The molecule has 1 unspecified atom stereocenters. The van der Waals surface area contributed by atoms with E-state index in [4.69, 9.17) is 9.47 Å². The number of benzene rings is 1. The van der Waals surface area contributed by atoms with Crippen molar-refractivity contribution < 1.29 is 14.6 Å². The lowest BCUT2D eigenvalue weighted by Gasteiger charge is -2.26. The van der Waals surface area contributed by atoms with E-state index < -0.39 is 0 Å². The predicted molar refractivity (Wildman–Crippen MR) is 70.3 cm³/mol. The van der Waals surface area contributed by atoms with Crippen molar-refractivity contribution in [2.24, 2.45) is 5.41 Å². The summed E-state index contributed by atoms with van der Waals surface area (Å²) in [6.45, 7) is 2.01. The normalized spacial score (nSPS) is 23.1. The van der Waals surface area contributed by atoms with Crippen molar-refractivity contribution in [1.29, 1.82) is 0 Å². The number of ether oxygens (including phenoxy) is 2. The third-order valence-corrected chi connectivity index (χ3v) is 3.72. The molecule has 18 heavy (non-hydrogen) atoms. The van der Waals surface area contributed by atoms with Gasteiger partial charge in [-0.15, -0.1) is 0 Å². The van der Waals surface area contributed by atoms with Gasteiger partial charge in [0.15, 0.2) is 0 Å². The number of aliphatic hydroxyl groups is 1. The second kappa shape index (κ2) is 5.59. The van der Waals surface area contributed by atoms with Gasteiger partial charge in [0.2, 0.25) is 0 Å². The van der Waals surface area contributed by atoms with Gasteiger partial charge in [0.25, 0.3) is 0 Å². The molecule has 4 heteroatoms. The molecule has 1 aromatic rings. The molecule has 1 heterocycles. The van der Waals surface area contributed by atoms with Gasteiger partial charge < -0.3 is 19.9 Å². The number of hydrogen-bond donors (Lipinski definition) is 2. The Balaban J connectivity index is 2.25. The molecule has 1 fully saturated rings. The SMILES string of the molecule is COc1ccc(OC)c(CC2(CO)CCNC2)c1. The van der Waals surface area contributed by atoms with E-state index in [1.807, 2.05) is 18.2 Å². The summed E-state index contributed by atoms with van der Waals surface area (Å²) in [7, 11) is 3.33. The van der Waals surface area contributed by atoms with Crippen LogP contribution in [0.4, 0.5) is 0 Å². The molecule has 0 saturated carbocycles. The van der Waals surface area contributed by atoms with E-state index in [0.29, 0.717) is 0 Å². The van der Waals surface area contributed by atoms with Crippen LogP contribution < -0.4 is 14.8 Å². The molecular weight excluding hydrogens is 230 g/mol. The molecule has 2 rings (SSSR count). The van der Waals surface area contributed by atoms with E-state index >= 15 is 0 Å². The second-order valence-corrected chi connectivity index (χ2v) is 4.94. The first-order valence-corrected chi connectivity index (χ1v) is 6.25.